The van der Waals surface area contributed by atoms with Crippen LogP contribution >= 0.6 is 0 Å². The number of aliphatic carboxylic acids is 1. The highest BCUT2D eigenvalue weighted by Gasteiger charge is 2.55. The summed E-state index contributed by atoms with van der Waals surface area (Å²) in [6.07, 6.45) is 9.35. The van der Waals surface area contributed by atoms with E-state index in [1.807, 2.05) is 6.08 Å². The van der Waals surface area contributed by atoms with Gasteiger partial charge in [-0.05, 0) is 61.3 Å². The van der Waals surface area contributed by atoms with Crippen LogP contribution in [0.3, 0.4) is 0 Å². The van der Waals surface area contributed by atoms with E-state index in [1.165, 1.54) is 0 Å². The highest BCUT2D eigenvalue weighted by atomic mass is 16.5. The van der Waals surface area contributed by atoms with Gasteiger partial charge >= 0.3 is 11.9 Å². The Morgan fingerprint density at radius 1 is 1.38 bits per heavy atom. The summed E-state index contributed by atoms with van der Waals surface area (Å²) in [6.45, 7) is 7.22. The second-order valence-electron chi connectivity index (χ2n) is 8.33. The van der Waals surface area contributed by atoms with Crippen LogP contribution in [-0.4, -0.2) is 23.7 Å². The van der Waals surface area contributed by atoms with Crippen molar-refractivity contribution in [1.82, 2.24) is 0 Å². The average molecular weight is 332 g/mol. The maximum Gasteiger partial charge on any atom is 0.331 e. The lowest BCUT2D eigenvalue weighted by molar-refractivity contribution is -0.137. The Hall–Kier alpha value is -1.58. The molecule has 4 heteroatoms. The molecule has 0 saturated heterocycles. The molecular formula is C20H28O4. The number of hydrogen-bond acceptors (Lipinski definition) is 3. The van der Waals surface area contributed by atoms with Crippen molar-refractivity contribution < 1.29 is 19.4 Å². The van der Waals surface area contributed by atoms with Gasteiger partial charge in [-0.3, -0.25) is 0 Å². The molecule has 1 unspecified atom stereocenters. The van der Waals surface area contributed by atoms with E-state index in [1.54, 1.807) is 6.08 Å². The van der Waals surface area contributed by atoms with Crippen LogP contribution in [0.1, 0.15) is 59.3 Å². The van der Waals surface area contributed by atoms with Crippen LogP contribution < -0.4 is 0 Å². The van der Waals surface area contributed by atoms with Gasteiger partial charge in [0.25, 0.3) is 0 Å². The maximum absolute atomic E-state index is 11.8. The van der Waals surface area contributed by atoms with Crippen molar-refractivity contribution >= 4 is 11.9 Å². The van der Waals surface area contributed by atoms with E-state index in [0.717, 1.165) is 44.1 Å². The third-order valence-electron chi connectivity index (χ3n) is 7.14. The Kier molecular flexibility index (Phi) is 4.35. The lowest BCUT2D eigenvalue weighted by Gasteiger charge is -2.57. The summed E-state index contributed by atoms with van der Waals surface area (Å²) >= 11 is 0. The average Bonchev–Trinajstić information content (AvgIpc) is 2.94. The smallest absolute Gasteiger partial charge is 0.331 e. The minimum atomic E-state index is -0.753. The third kappa shape index (κ3) is 2.70. The van der Waals surface area contributed by atoms with Crippen LogP contribution in [0, 0.1) is 22.7 Å². The van der Waals surface area contributed by atoms with Crippen molar-refractivity contribution in [3.05, 3.63) is 23.3 Å². The SMILES string of the molecule is C[C@@H]1CC[C@@]2(C)C(C(=O)O)=CCCC2[C@@]1(C)CCC1=CC(=O)OC1. The van der Waals surface area contributed by atoms with Crippen molar-refractivity contribution in [1.29, 1.82) is 0 Å². The van der Waals surface area contributed by atoms with Crippen molar-refractivity contribution in [3.63, 3.8) is 0 Å². The molecule has 0 spiro atoms. The summed E-state index contributed by atoms with van der Waals surface area (Å²) in [5.41, 5.74) is 1.55. The van der Waals surface area contributed by atoms with Gasteiger partial charge in [0.15, 0.2) is 0 Å². The number of ether oxygens (including phenoxy) is 1. The predicted molar refractivity (Wildman–Crippen MR) is 91.3 cm³/mol. The van der Waals surface area contributed by atoms with Crippen molar-refractivity contribution in [2.24, 2.45) is 22.7 Å². The van der Waals surface area contributed by atoms with Gasteiger partial charge in [-0.15, -0.1) is 0 Å². The molecule has 1 fully saturated rings. The Balaban J connectivity index is 1.85. The molecule has 1 aliphatic heterocycles. The van der Waals surface area contributed by atoms with Crippen molar-refractivity contribution in [3.8, 4) is 0 Å². The first kappa shape index (κ1) is 17.2. The molecule has 24 heavy (non-hydrogen) atoms. The van der Waals surface area contributed by atoms with Gasteiger partial charge in [0.1, 0.15) is 6.61 Å². The van der Waals surface area contributed by atoms with Gasteiger partial charge in [0.2, 0.25) is 0 Å². The van der Waals surface area contributed by atoms with E-state index in [2.05, 4.69) is 20.8 Å². The molecule has 4 atom stereocenters. The van der Waals surface area contributed by atoms with Gasteiger partial charge in [-0.25, -0.2) is 9.59 Å². The third-order valence-corrected chi connectivity index (χ3v) is 7.14. The molecule has 0 aromatic carbocycles. The van der Waals surface area contributed by atoms with Gasteiger partial charge < -0.3 is 9.84 Å². The Morgan fingerprint density at radius 2 is 2.12 bits per heavy atom. The fourth-order valence-electron chi connectivity index (χ4n) is 5.43. The van der Waals surface area contributed by atoms with E-state index in [4.69, 9.17) is 4.74 Å². The molecule has 1 heterocycles. The summed E-state index contributed by atoms with van der Waals surface area (Å²) < 4.78 is 5.02. The Labute approximate surface area is 144 Å². The van der Waals surface area contributed by atoms with E-state index >= 15 is 0 Å². The van der Waals surface area contributed by atoms with Crippen molar-refractivity contribution in [2.45, 2.75) is 59.3 Å². The number of hydrogen-bond donors (Lipinski definition) is 1. The van der Waals surface area contributed by atoms with Crippen molar-refractivity contribution in [2.75, 3.05) is 6.61 Å². The number of carboxylic acids is 1. The topological polar surface area (TPSA) is 63.6 Å². The Bertz CT molecular complexity index is 617. The molecular weight excluding hydrogens is 304 g/mol. The van der Waals surface area contributed by atoms with Crippen LogP contribution in [0.4, 0.5) is 0 Å². The molecule has 0 aromatic heterocycles. The summed E-state index contributed by atoms with van der Waals surface area (Å²) in [4.78, 5) is 23.1. The van der Waals surface area contributed by atoms with E-state index < -0.39 is 5.97 Å². The fraction of sp³-hybridized carbons (Fsp3) is 0.700. The number of esters is 1. The number of carboxylic acid groups (broad SMARTS) is 1. The van der Waals surface area contributed by atoms with Crippen LogP contribution in [0.15, 0.2) is 23.3 Å². The van der Waals surface area contributed by atoms with Gasteiger partial charge in [-0.1, -0.05) is 26.8 Å². The normalized spacial score (nSPS) is 38.9. The van der Waals surface area contributed by atoms with Gasteiger partial charge in [0, 0.05) is 17.1 Å². The minimum Gasteiger partial charge on any atom is -0.478 e. The lowest BCUT2D eigenvalue weighted by Crippen LogP contribution is -2.51. The second-order valence-corrected chi connectivity index (χ2v) is 8.33. The zero-order valence-corrected chi connectivity index (χ0v) is 14.9. The molecule has 2 aliphatic carbocycles. The number of cyclic esters (lactones) is 1. The fourth-order valence-corrected chi connectivity index (χ4v) is 5.43. The molecule has 3 rings (SSSR count). The standard InChI is InChI=1S/C20H28O4/c1-13-7-9-20(3)15(18(22)23)5-4-6-16(20)19(13,2)10-8-14-11-17(21)24-12-14/h5,11,13,16H,4,6-10,12H2,1-3H3,(H,22,23)/t13-,16?,19+,20+/m1/s1. The largest absolute Gasteiger partial charge is 0.478 e. The number of fused-ring (bicyclic) bond motifs is 1. The van der Waals surface area contributed by atoms with Crippen LogP contribution in [0.5, 0.6) is 0 Å². The number of carbonyl (C=O) groups excluding carboxylic acids is 1. The number of carbonyl (C=O) groups is 2. The molecule has 4 nitrogen and oxygen atoms in total. The maximum atomic E-state index is 11.8. The lowest BCUT2D eigenvalue weighted by atomic mass is 9.46. The molecule has 0 aromatic rings. The molecule has 0 amide bonds. The quantitative estimate of drug-likeness (QED) is 0.787. The molecule has 1 saturated carbocycles. The highest BCUT2D eigenvalue weighted by molar-refractivity contribution is 5.88. The first-order chi connectivity index (χ1) is 11.3. The summed E-state index contributed by atoms with van der Waals surface area (Å²) in [5.74, 6) is -0.0483. The van der Waals surface area contributed by atoms with Gasteiger partial charge in [0.05, 0.1) is 0 Å². The van der Waals surface area contributed by atoms with Crippen LogP contribution in [-0.2, 0) is 14.3 Å². The minimum absolute atomic E-state index is 0.0917. The first-order valence-electron chi connectivity index (χ1n) is 9.07. The van der Waals surface area contributed by atoms with E-state index in [-0.39, 0.29) is 16.8 Å². The van der Waals surface area contributed by atoms with E-state index in [0.29, 0.717) is 24.0 Å². The summed E-state index contributed by atoms with van der Waals surface area (Å²) in [6, 6.07) is 0. The first-order valence-corrected chi connectivity index (χ1v) is 9.07. The monoisotopic (exact) mass is 332 g/mol. The molecule has 1 N–H and O–H groups in total. The predicted octanol–water partition coefficient (Wildman–Crippen LogP) is 4.11. The molecule has 132 valence electrons. The molecule has 0 bridgehead atoms. The van der Waals surface area contributed by atoms with Crippen LogP contribution in [0.25, 0.3) is 0 Å². The molecule has 3 aliphatic rings. The molecule has 0 radical (unpaired) electrons. The number of rotatable bonds is 4. The summed E-state index contributed by atoms with van der Waals surface area (Å²) in [7, 11) is 0. The summed E-state index contributed by atoms with van der Waals surface area (Å²) in [5, 5.41) is 9.68. The zero-order valence-electron chi connectivity index (χ0n) is 14.9. The Morgan fingerprint density at radius 3 is 2.75 bits per heavy atom. The zero-order chi connectivity index (χ0) is 17.5. The number of allylic oxidation sites excluding steroid dienone is 1. The van der Waals surface area contributed by atoms with Gasteiger partial charge in [-0.2, -0.15) is 0 Å². The van der Waals surface area contributed by atoms with E-state index in [9.17, 15) is 14.7 Å². The second kappa shape index (κ2) is 6.05. The van der Waals surface area contributed by atoms with Crippen LogP contribution in [0.2, 0.25) is 0 Å². The highest BCUT2D eigenvalue weighted by Crippen LogP contribution is 2.62.